The molecule has 1 N–H and O–H groups in total. The molecule has 0 spiro atoms. The van der Waals surface area contributed by atoms with Crippen LogP contribution in [-0.2, 0) is 0 Å². The molecule has 13 heteroatoms. The quantitative estimate of drug-likeness (QED) is 0.234. The Bertz CT molecular complexity index is 1220. The highest BCUT2D eigenvalue weighted by atomic mass is 35.5. The molecule has 3 nitrogen and oxygen atoms in total. The van der Waals surface area contributed by atoms with Gasteiger partial charge in [-0.15, -0.1) is 0 Å². The Hall–Kier alpha value is -0.0400. The minimum absolute atomic E-state index is 0.00659. The third-order valence-electron chi connectivity index (χ3n) is 4.07. The first kappa shape index (κ1) is 25.6. The zero-order valence-corrected chi connectivity index (χ0v) is 21.8. The van der Waals surface area contributed by atoms with E-state index in [0.717, 1.165) is 0 Å². The van der Waals surface area contributed by atoms with Crippen LogP contribution in [0.15, 0.2) is 12.3 Å². The lowest BCUT2D eigenvalue weighted by Crippen LogP contribution is -2.05. The normalized spacial score (nSPS) is 11.2. The Balaban J connectivity index is 2.45. The summed E-state index contributed by atoms with van der Waals surface area (Å²) in [5.74, 6) is -1.37. The van der Waals surface area contributed by atoms with Gasteiger partial charge in [0, 0.05) is 28.5 Å². The number of hydrogen-bond acceptors (Lipinski definition) is 2. The van der Waals surface area contributed by atoms with Crippen molar-refractivity contribution in [3.05, 3.63) is 68.2 Å². The summed E-state index contributed by atoms with van der Waals surface area (Å²) in [5, 5.41) is 8.85. The summed E-state index contributed by atoms with van der Waals surface area (Å²) in [5.41, 5.74) is -0.0419. The molecular formula is C18H3Cl10NO2. The van der Waals surface area contributed by atoms with Gasteiger partial charge in [0.25, 0.3) is 0 Å². The molecule has 0 fully saturated rings. The Kier molecular flexibility index (Phi) is 7.98. The molecule has 0 aliphatic heterocycles. The second-order valence-corrected chi connectivity index (χ2v) is 9.59. The number of aromatic carboxylic acids is 1. The minimum atomic E-state index is -1.37. The first-order chi connectivity index (χ1) is 14.4. The number of nitrogens with zero attached hydrogens (tertiary/aromatic N) is 1. The summed E-state index contributed by atoms with van der Waals surface area (Å²) in [4.78, 5) is 15.8. The molecule has 162 valence electrons. The maximum Gasteiger partial charge on any atom is 0.355 e. The van der Waals surface area contributed by atoms with Crippen LogP contribution in [0.25, 0.3) is 22.3 Å². The average molecular weight is 620 g/mol. The maximum atomic E-state index is 11.8. The van der Waals surface area contributed by atoms with Crippen LogP contribution in [0.3, 0.4) is 0 Å². The Morgan fingerprint density at radius 3 is 1.35 bits per heavy atom. The van der Waals surface area contributed by atoms with Crippen LogP contribution in [0.1, 0.15) is 10.5 Å². The van der Waals surface area contributed by atoms with Gasteiger partial charge in [-0.05, 0) is 6.07 Å². The number of benzene rings is 2. The van der Waals surface area contributed by atoms with Crippen LogP contribution in [0.4, 0.5) is 0 Å². The van der Waals surface area contributed by atoms with E-state index in [4.69, 9.17) is 116 Å². The van der Waals surface area contributed by atoms with Crippen LogP contribution in [-0.4, -0.2) is 16.1 Å². The van der Waals surface area contributed by atoms with Crippen molar-refractivity contribution in [2.45, 2.75) is 0 Å². The molecule has 0 aliphatic rings. The fourth-order valence-electron chi connectivity index (χ4n) is 2.66. The third-order valence-corrected chi connectivity index (χ3v) is 8.62. The summed E-state index contributed by atoms with van der Waals surface area (Å²) >= 11 is 61.9. The zero-order chi connectivity index (χ0) is 23.4. The fraction of sp³-hybridized carbons (Fsp3) is 0. The van der Waals surface area contributed by atoms with E-state index in [1.54, 1.807) is 0 Å². The Morgan fingerprint density at radius 1 is 0.613 bits per heavy atom. The van der Waals surface area contributed by atoms with E-state index >= 15 is 0 Å². The van der Waals surface area contributed by atoms with Crippen LogP contribution in [0, 0.1) is 0 Å². The first-order valence-corrected chi connectivity index (χ1v) is 11.4. The summed E-state index contributed by atoms with van der Waals surface area (Å²) in [7, 11) is 0. The highest BCUT2D eigenvalue weighted by Crippen LogP contribution is 2.51. The van der Waals surface area contributed by atoms with Gasteiger partial charge >= 0.3 is 5.97 Å². The average Bonchev–Trinajstić information content (AvgIpc) is 2.73. The number of hydrogen-bond donors (Lipinski definition) is 1. The zero-order valence-electron chi connectivity index (χ0n) is 14.2. The van der Waals surface area contributed by atoms with Gasteiger partial charge in [-0.3, -0.25) is 0 Å². The van der Waals surface area contributed by atoms with Crippen molar-refractivity contribution in [2.75, 3.05) is 0 Å². The Morgan fingerprint density at radius 2 is 0.968 bits per heavy atom. The topological polar surface area (TPSA) is 50.2 Å². The summed E-state index contributed by atoms with van der Waals surface area (Å²) in [6.45, 7) is 0. The third kappa shape index (κ3) is 4.40. The second kappa shape index (κ2) is 9.68. The smallest absolute Gasteiger partial charge is 0.355 e. The van der Waals surface area contributed by atoms with E-state index in [-0.39, 0.29) is 72.5 Å². The molecule has 0 aliphatic carbocycles. The van der Waals surface area contributed by atoms with Gasteiger partial charge < -0.3 is 5.11 Å². The van der Waals surface area contributed by atoms with Gasteiger partial charge in [0.05, 0.1) is 50.2 Å². The Labute approximate surface area is 225 Å². The van der Waals surface area contributed by atoms with E-state index in [2.05, 4.69) is 4.98 Å². The predicted octanol–water partition coefficient (Wildman–Crippen LogP) is 10.6. The van der Waals surface area contributed by atoms with Crippen LogP contribution in [0.2, 0.25) is 50.2 Å². The molecular weight excluding hydrogens is 617 g/mol. The van der Waals surface area contributed by atoms with Crippen molar-refractivity contribution in [1.29, 1.82) is 0 Å². The van der Waals surface area contributed by atoms with E-state index in [0.29, 0.717) is 0 Å². The lowest BCUT2D eigenvalue weighted by Gasteiger charge is -2.17. The van der Waals surface area contributed by atoms with Gasteiger partial charge in [-0.2, -0.15) is 0 Å². The van der Waals surface area contributed by atoms with Gasteiger partial charge in [-0.25, -0.2) is 9.78 Å². The predicted molar refractivity (Wildman–Crippen MR) is 132 cm³/mol. The first-order valence-electron chi connectivity index (χ1n) is 7.67. The van der Waals surface area contributed by atoms with Crippen LogP contribution >= 0.6 is 116 Å². The van der Waals surface area contributed by atoms with Crippen LogP contribution < -0.4 is 0 Å². The largest absolute Gasteiger partial charge is 0.476 e. The molecule has 0 saturated heterocycles. The van der Waals surface area contributed by atoms with E-state index in [9.17, 15) is 9.90 Å². The standard InChI is InChI=1S/C18H3Cl10NO2/c19-7-5(8(20)12(24)15(27)11(7)23)3-1-4(17(18(30)31)29-2-3)6-9(21)13(25)16(28)14(26)10(6)22/h1-2H,(H,30,31). The number of rotatable bonds is 3. The minimum Gasteiger partial charge on any atom is -0.476 e. The molecule has 0 bridgehead atoms. The SMILES string of the molecule is O=C(O)c1ncc(-c2c(Cl)c(Cl)c(Cl)c(Cl)c2Cl)cc1-c1c(Cl)c(Cl)c(Cl)c(Cl)c1Cl. The second-order valence-electron chi connectivity index (χ2n) is 5.82. The van der Waals surface area contributed by atoms with Crippen molar-refractivity contribution in [2.24, 2.45) is 0 Å². The van der Waals surface area contributed by atoms with Crippen molar-refractivity contribution in [3.63, 3.8) is 0 Å². The number of aromatic nitrogens is 1. The van der Waals surface area contributed by atoms with Gasteiger partial charge in [0.1, 0.15) is 0 Å². The van der Waals surface area contributed by atoms with E-state index in [1.165, 1.54) is 12.3 Å². The number of carbonyl (C=O) groups is 1. The summed E-state index contributed by atoms with van der Waals surface area (Å²) in [6.07, 6.45) is 1.21. The monoisotopic (exact) mass is 615 g/mol. The lowest BCUT2D eigenvalue weighted by molar-refractivity contribution is 0.0691. The van der Waals surface area contributed by atoms with Crippen molar-refractivity contribution in [1.82, 2.24) is 4.98 Å². The molecule has 1 aromatic heterocycles. The number of carboxylic acid groups (broad SMARTS) is 1. The van der Waals surface area contributed by atoms with Crippen LogP contribution in [0.5, 0.6) is 0 Å². The van der Waals surface area contributed by atoms with E-state index < -0.39 is 11.7 Å². The molecule has 3 rings (SSSR count). The molecule has 2 aromatic carbocycles. The number of halogens is 10. The molecule has 0 atom stereocenters. The molecule has 3 aromatic rings. The van der Waals surface area contributed by atoms with Gasteiger partial charge in [0.2, 0.25) is 0 Å². The summed E-state index contributed by atoms with van der Waals surface area (Å²) < 4.78 is 0. The molecule has 0 radical (unpaired) electrons. The highest BCUT2D eigenvalue weighted by Gasteiger charge is 2.27. The molecule has 31 heavy (non-hydrogen) atoms. The van der Waals surface area contributed by atoms with Gasteiger partial charge in [0.15, 0.2) is 5.69 Å². The fourth-order valence-corrected chi connectivity index (χ4v) is 5.36. The lowest BCUT2D eigenvalue weighted by atomic mass is 9.98. The van der Waals surface area contributed by atoms with E-state index in [1.807, 2.05) is 0 Å². The molecule has 0 unspecified atom stereocenters. The molecule has 0 saturated carbocycles. The van der Waals surface area contributed by atoms with Crippen molar-refractivity contribution >= 4 is 122 Å². The summed E-state index contributed by atoms with van der Waals surface area (Å²) in [6, 6.07) is 1.37. The van der Waals surface area contributed by atoms with Crippen molar-refractivity contribution in [3.8, 4) is 22.3 Å². The maximum absolute atomic E-state index is 11.8. The number of carboxylic acids is 1. The molecule has 0 amide bonds. The molecule has 1 heterocycles. The number of pyridine rings is 1. The van der Waals surface area contributed by atoms with Crippen molar-refractivity contribution < 1.29 is 9.90 Å². The highest BCUT2D eigenvalue weighted by molar-refractivity contribution is 6.57. The van der Waals surface area contributed by atoms with Gasteiger partial charge in [-0.1, -0.05) is 116 Å².